The summed E-state index contributed by atoms with van der Waals surface area (Å²) in [5.41, 5.74) is 1.62. The van der Waals surface area contributed by atoms with Crippen LogP contribution in [0, 0.1) is 0 Å². The van der Waals surface area contributed by atoms with Crippen LogP contribution in [-0.4, -0.2) is 54.3 Å². The van der Waals surface area contributed by atoms with Crippen LogP contribution < -0.4 is 4.74 Å². The molecule has 6 heteroatoms. The lowest BCUT2D eigenvalue weighted by Crippen LogP contribution is -2.52. The van der Waals surface area contributed by atoms with Crippen molar-refractivity contribution in [1.82, 2.24) is 9.88 Å². The number of carbonyl (C=O) groups excluding carboxylic acids is 1. The molecule has 2 aromatic rings. The standard InChI is InChI=1S/C23H28N2O4/c1-27-21-8-7-19(16-24-21)22(26)25-12-10-23(11-13-25)15-20(9-14-29-23)28-17-18-5-3-2-4-6-18/h2-8,16,20H,9-15,17H2,1H3. The number of ether oxygens (including phenoxy) is 3. The van der Waals surface area contributed by atoms with E-state index in [1.807, 2.05) is 23.1 Å². The number of pyridine rings is 1. The Morgan fingerprint density at radius 3 is 2.69 bits per heavy atom. The fourth-order valence-electron chi connectivity index (χ4n) is 4.19. The molecule has 6 nitrogen and oxygen atoms in total. The molecule has 1 aromatic carbocycles. The van der Waals surface area contributed by atoms with Crippen molar-refractivity contribution in [3.05, 3.63) is 59.8 Å². The second-order valence-corrected chi connectivity index (χ2v) is 7.82. The number of aromatic nitrogens is 1. The van der Waals surface area contributed by atoms with Crippen molar-refractivity contribution >= 4 is 5.91 Å². The molecule has 2 fully saturated rings. The van der Waals surface area contributed by atoms with Crippen LogP contribution in [0.2, 0.25) is 0 Å². The quantitative estimate of drug-likeness (QED) is 0.775. The Morgan fingerprint density at radius 2 is 2.00 bits per heavy atom. The van der Waals surface area contributed by atoms with Crippen LogP contribution in [0.25, 0.3) is 0 Å². The van der Waals surface area contributed by atoms with Crippen LogP contribution in [0.5, 0.6) is 5.88 Å². The van der Waals surface area contributed by atoms with Gasteiger partial charge in [0, 0.05) is 38.4 Å². The third-order valence-corrected chi connectivity index (χ3v) is 5.93. The van der Waals surface area contributed by atoms with Crippen molar-refractivity contribution in [3.8, 4) is 5.88 Å². The molecule has 0 radical (unpaired) electrons. The summed E-state index contributed by atoms with van der Waals surface area (Å²) in [6.07, 6.45) is 5.29. The molecule has 1 atom stereocenters. The van der Waals surface area contributed by atoms with Gasteiger partial charge >= 0.3 is 0 Å². The minimum absolute atomic E-state index is 0.0164. The lowest BCUT2D eigenvalue weighted by molar-refractivity contribution is -0.154. The fourth-order valence-corrected chi connectivity index (χ4v) is 4.19. The first-order valence-electron chi connectivity index (χ1n) is 10.3. The van der Waals surface area contributed by atoms with Gasteiger partial charge in [0.15, 0.2) is 0 Å². The summed E-state index contributed by atoms with van der Waals surface area (Å²) in [6, 6.07) is 13.8. The maximum atomic E-state index is 12.8. The molecule has 2 aliphatic rings. The van der Waals surface area contributed by atoms with Crippen molar-refractivity contribution in [3.63, 3.8) is 0 Å². The Morgan fingerprint density at radius 1 is 1.21 bits per heavy atom. The molecule has 0 aliphatic carbocycles. The molecule has 0 N–H and O–H groups in total. The summed E-state index contributed by atoms with van der Waals surface area (Å²) in [4.78, 5) is 18.8. The Hall–Kier alpha value is -2.44. The molecule has 2 saturated heterocycles. The smallest absolute Gasteiger partial charge is 0.255 e. The predicted octanol–water partition coefficient (Wildman–Crippen LogP) is 3.46. The highest BCUT2D eigenvalue weighted by molar-refractivity contribution is 5.94. The highest BCUT2D eigenvalue weighted by Crippen LogP contribution is 2.36. The van der Waals surface area contributed by atoms with Crippen molar-refractivity contribution in [2.45, 2.75) is 44.0 Å². The minimum atomic E-state index is -0.172. The van der Waals surface area contributed by atoms with Gasteiger partial charge in [-0.3, -0.25) is 4.79 Å². The van der Waals surface area contributed by atoms with E-state index in [4.69, 9.17) is 14.2 Å². The first kappa shape index (κ1) is 19.9. The van der Waals surface area contributed by atoms with Crippen LogP contribution in [-0.2, 0) is 16.1 Å². The summed E-state index contributed by atoms with van der Waals surface area (Å²) in [5.74, 6) is 0.527. The third-order valence-electron chi connectivity index (χ3n) is 5.93. The van der Waals surface area contributed by atoms with Gasteiger partial charge in [0.1, 0.15) is 0 Å². The summed E-state index contributed by atoms with van der Waals surface area (Å²) in [6.45, 7) is 2.74. The summed E-state index contributed by atoms with van der Waals surface area (Å²) < 4.78 is 17.5. The highest BCUT2D eigenvalue weighted by atomic mass is 16.5. The Balaban J connectivity index is 1.31. The Bertz CT molecular complexity index is 801. The molecule has 0 saturated carbocycles. The van der Waals surface area contributed by atoms with Crippen molar-refractivity contribution < 1.29 is 19.0 Å². The second-order valence-electron chi connectivity index (χ2n) is 7.82. The molecule has 1 unspecified atom stereocenters. The normalized spacial score (nSPS) is 21.1. The van der Waals surface area contributed by atoms with E-state index in [2.05, 4.69) is 17.1 Å². The molecule has 4 rings (SSSR count). The van der Waals surface area contributed by atoms with E-state index in [9.17, 15) is 4.79 Å². The second kappa shape index (κ2) is 8.93. The maximum absolute atomic E-state index is 12.8. The van der Waals surface area contributed by atoms with Gasteiger partial charge in [-0.15, -0.1) is 0 Å². The third kappa shape index (κ3) is 4.77. The van der Waals surface area contributed by atoms with Crippen LogP contribution in [0.1, 0.15) is 41.6 Å². The average molecular weight is 396 g/mol. The highest BCUT2D eigenvalue weighted by Gasteiger charge is 2.41. The van der Waals surface area contributed by atoms with Gasteiger partial charge in [0.2, 0.25) is 5.88 Å². The van der Waals surface area contributed by atoms with Gasteiger partial charge in [-0.1, -0.05) is 30.3 Å². The number of benzene rings is 1. The average Bonchev–Trinajstić information content (AvgIpc) is 2.79. The van der Waals surface area contributed by atoms with Crippen LogP contribution in [0.3, 0.4) is 0 Å². The van der Waals surface area contributed by atoms with Crippen LogP contribution in [0.15, 0.2) is 48.7 Å². The van der Waals surface area contributed by atoms with E-state index in [1.165, 1.54) is 5.56 Å². The number of methoxy groups -OCH3 is 1. The predicted molar refractivity (Wildman–Crippen MR) is 109 cm³/mol. The number of hydrogen-bond acceptors (Lipinski definition) is 5. The van der Waals surface area contributed by atoms with E-state index in [0.29, 0.717) is 31.1 Å². The molecule has 3 heterocycles. The molecule has 2 aliphatic heterocycles. The number of piperidine rings is 1. The van der Waals surface area contributed by atoms with E-state index in [0.717, 1.165) is 32.3 Å². The number of amides is 1. The SMILES string of the molecule is COc1ccc(C(=O)N2CCC3(CC2)CC(OCc2ccccc2)CCO3)cn1. The Kier molecular flexibility index (Phi) is 6.11. The molecule has 154 valence electrons. The van der Waals surface area contributed by atoms with Crippen molar-refractivity contribution in [2.24, 2.45) is 0 Å². The van der Waals surface area contributed by atoms with Crippen molar-refractivity contribution in [1.29, 1.82) is 0 Å². The molecule has 29 heavy (non-hydrogen) atoms. The van der Waals surface area contributed by atoms with Gasteiger partial charge in [-0.2, -0.15) is 0 Å². The maximum Gasteiger partial charge on any atom is 0.255 e. The van der Waals surface area contributed by atoms with E-state index in [1.54, 1.807) is 25.4 Å². The number of rotatable bonds is 5. The zero-order valence-electron chi connectivity index (χ0n) is 16.9. The van der Waals surface area contributed by atoms with Crippen molar-refractivity contribution in [2.75, 3.05) is 26.8 Å². The molecule has 1 aromatic heterocycles. The summed E-state index contributed by atoms with van der Waals surface area (Å²) in [5, 5.41) is 0. The van der Waals surface area contributed by atoms with E-state index >= 15 is 0 Å². The summed E-state index contributed by atoms with van der Waals surface area (Å²) in [7, 11) is 1.56. The number of hydrogen-bond donors (Lipinski definition) is 0. The van der Waals surface area contributed by atoms with Gasteiger partial charge in [-0.05, 0) is 30.9 Å². The summed E-state index contributed by atoms with van der Waals surface area (Å²) >= 11 is 0. The minimum Gasteiger partial charge on any atom is -0.481 e. The number of likely N-dealkylation sites (tertiary alicyclic amines) is 1. The van der Waals surface area contributed by atoms with Crippen LogP contribution in [0.4, 0.5) is 0 Å². The van der Waals surface area contributed by atoms with Gasteiger partial charge in [-0.25, -0.2) is 4.98 Å². The number of nitrogens with zero attached hydrogens (tertiary/aromatic N) is 2. The Labute approximate surface area is 171 Å². The zero-order valence-corrected chi connectivity index (χ0v) is 16.9. The molecule has 0 bridgehead atoms. The fraction of sp³-hybridized carbons (Fsp3) is 0.478. The monoisotopic (exact) mass is 396 g/mol. The lowest BCUT2D eigenvalue weighted by Gasteiger charge is -2.46. The van der Waals surface area contributed by atoms with E-state index in [-0.39, 0.29) is 17.6 Å². The first-order chi connectivity index (χ1) is 14.2. The zero-order chi connectivity index (χ0) is 20.1. The molecule has 1 amide bonds. The molecule has 1 spiro atoms. The molecular formula is C23H28N2O4. The van der Waals surface area contributed by atoms with Gasteiger partial charge in [0.25, 0.3) is 5.91 Å². The van der Waals surface area contributed by atoms with Crippen LogP contribution >= 0.6 is 0 Å². The van der Waals surface area contributed by atoms with E-state index < -0.39 is 0 Å². The first-order valence-corrected chi connectivity index (χ1v) is 10.3. The van der Waals surface area contributed by atoms with Gasteiger partial charge in [0.05, 0.1) is 31.0 Å². The number of carbonyl (C=O) groups is 1. The molecular weight excluding hydrogens is 368 g/mol. The largest absolute Gasteiger partial charge is 0.481 e. The lowest BCUT2D eigenvalue weighted by atomic mass is 9.83. The topological polar surface area (TPSA) is 60.9 Å². The van der Waals surface area contributed by atoms with Gasteiger partial charge < -0.3 is 19.1 Å².